The van der Waals surface area contributed by atoms with E-state index in [1.807, 2.05) is 38.2 Å². The fourth-order valence-corrected chi connectivity index (χ4v) is 2.62. The average molecular weight is 318 g/mol. The minimum absolute atomic E-state index is 0.0832. The molecule has 2 aromatic rings. The molecule has 0 radical (unpaired) electrons. The van der Waals surface area contributed by atoms with Gasteiger partial charge in [0.15, 0.2) is 0 Å². The Bertz CT molecular complexity index is 800. The molecule has 0 saturated carbocycles. The average Bonchev–Trinajstić information content (AvgIpc) is 2.84. The van der Waals surface area contributed by atoms with E-state index in [-0.39, 0.29) is 4.90 Å². The summed E-state index contributed by atoms with van der Waals surface area (Å²) >= 11 is 0. The van der Waals surface area contributed by atoms with Gasteiger partial charge in [0.05, 0.1) is 10.6 Å². The quantitative estimate of drug-likeness (QED) is 0.859. The molecule has 0 aliphatic heterocycles. The van der Waals surface area contributed by atoms with Gasteiger partial charge < -0.3 is 4.52 Å². The Labute approximate surface area is 130 Å². The van der Waals surface area contributed by atoms with Gasteiger partial charge in [0.25, 0.3) is 0 Å². The first-order valence-electron chi connectivity index (χ1n) is 6.79. The van der Waals surface area contributed by atoms with Gasteiger partial charge in [-0.15, -0.1) is 0 Å². The van der Waals surface area contributed by atoms with E-state index in [1.165, 1.54) is 12.1 Å². The SMILES string of the molecule is C/C=C\C=C/Cc1noc(C)c1-c1ccc(S(N)(=O)=O)cc1. The molecule has 6 heteroatoms. The van der Waals surface area contributed by atoms with Crippen LogP contribution in [0.25, 0.3) is 11.1 Å². The molecule has 1 heterocycles. The molecule has 0 saturated heterocycles. The number of hydrogen-bond acceptors (Lipinski definition) is 4. The van der Waals surface area contributed by atoms with E-state index >= 15 is 0 Å². The van der Waals surface area contributed by atoms with E-state index in [0.717, 1.165) is 16.8 Å². The molecule has 2 rings (SSSR count). The number of sulfonamides is 1. The number of primary sulfonamides is 1. The monoisotopic (exact) mass is 318 g/mol. The van der Waals surface area contributed by atoms with Crippen molar-refractivity contribution in [3.63, 3.8) is 0 Å². The highest BCUT2D eigenvalue weighted by Gasteiger charge is 2.15. The van der Waals surface area contributed by atoms with E-state index in [1.54, 1.807) is 12.1 Å². The summed E-state index contributed by atoms with van der Waals surface area (Å²) in [5.41, 5.74) is 2.54. The van der Waals surface area contributed by atoms with Crippen molar-refractivity contribution in [3.05, 3.63) is 60.0 Å². The number of benzene rings is 1. The Kier molecular flexibility index (Phi) is 4.95. The van der Waals surface area contributed by atoms with E-state index in [4.69, 9.17) is 9.66 Å². The van der Waals surface area contributed by atoms with Crippen LogP contribution in [0.2, 0.25) is 0 Å². The molecule has 0 aliphatic rings. The van der Waals surface area contributed by atoms with Crippen LogP contribution in [0.5, 0.6) is 0 Å². The normalized spacial score (nSPS) is 12.5. The lowest BCUT2D eigenvalue weighted by Gasteiger charge is -2.03. The molecule has 0 amide bonds. The van der Waals surface area contributed by atoms with Crippen LogP contribution >= 0.6 is 0 Å². The second-order valence-electron chi connectivity index (χ2n) is 4.79. The first-order chi connectivity index (χ1) is 10.4. The van der Waals surface area contributed by atoms with Gasteiger partial charge >= 0.3 is 0 Å². The summed E-state index contributed by atoms with van der Waals surface area (Å²) in [7, 11) is -3.69. The smallest absolute Gasteiger partial charge is 0.238 e. The van der Waals surface area contributed by atoms with Crippen molar-refractivity contribution in [1.82, 2.24) is 5.16 Å². The molecule has 1 aromatic carbocycles. The third-order valence-electron chi connectivity index (χ3n) is 3.16. The van der Waals surface area contributed by atoms with Crippen LogP contribution < -0.4 is 5.14 Å². The van der Waals surface area contributed by atoms with Crippen LogP contribution in [0.3, 0.4) is 0 Å². The molecule has 5 nitrogen and oxygen atoms in total. The molecule has 0 aliphatic carbocycles. The first-order valence-corrected chi connectivity index (χ1v) is 8.34. The fraction of sp³-hybridized carbons (Fsp3) is 0.188. The lowest BCUT2D eigenvalue weighted by atomic mass is 10.0. The van der Waals surface area contributed by atoms with Crippen molar-refractivity contribution in [2.75, 3.05) is 0 Å². The van der Waals surface area contributed by atoms with Gasteiger partial charge in [-0.05, 0) is 31.5 Å². The van der Waals surface area contributed by atoms with E-state index in [0.29, 0.717) is 12.2 Å². The molecular formula is C16H18N2O3S. The van der Waals surface area contributed by atoms with Crippen molar-refractivity contribution in [1.29, 1.82) is 0 Å². The lowest BCUT2D eigenvalue weighted by Crippen LogP contribution is -2.11. The maximum Gasteiger partial charge on any atom is 0.238 e. The molecule has 0 atom stereocenters. The van der Waals surface area contributed by atoms with Gasteiger partial charge in [0.2, 0.25) is 10.0 Å². The molecule has 0 unspecified atom stereocenters. The zero-order chi connectivity index (χ0) is 16.2. The predicted molar refractivity (Wildman–Crippen MR) is 85.7 cm³/mol. The van der Waals surface area contributed by atoms with Crippen LogP contribution in [0.15, 0.2) is 58.0 Å². The predicted octanol–water partition coefficient (Wildman–Crippen LogP) is 2.97. The van der Waals surface area contributed by atoms with Gasteiger partial charge in [0.1, 0.15) is 5.76 Å². The molecular weight excluding hydrogens is 300 g/mol. The Balaban J connectivity index is 2.34. The largest absolute Gasteiger partial charge is 0.361 e. The summed E-state index contributed by atoms with van der Waals surface area (Å²) in [5, 5.41) is 9.17. The first kappa shape index (κ1) is 16.2. The zero-order valence-electron chi connectivity index (χ0n) is 12.5. The summed E-state index contributed by atoms with van der Waals surface area (Å²) in [6.07, 6.45) is 8.44. The van der Waals surface area contributed by atoms with E-state index < -0.39 is 10.0 Å². The molecule has 0 spiro atoms. The Morgan fingerprint density at radius 2 is 1.91 bits per heavy atom. The summed E-state index contributed by atoms with van der Waals surface area (Å²) < 4.78 is 27.9. The van der Waals surface area contributed by atoms with Crippen molar-refractivity contribution < 1.29 is 12.9 Å². The molecule has 0 bridgehead atoms. The summed E-state index contributed by atoms with van der Waals surface area (Å²) in [6, 6.07) is 6.38. The minimum Gasteiger partial charge on any atom is -0.361 e. The Hall–Kier alpha value is -2.18. The molecule has 116 valence electrons. The van der Waals surface area contributed by atoms with E-state index in [2.05, 4.69) is 5.16 Å². The van der Waals surface area contributed by atoms with Crippen molar-refractivity contribution >= 4 is 10.0 Å². The number of allylic oxidation sites excluding steroid dienone is 4. The topological polar surface area (TPSA) is 86.2 Å². The summed E-state index contributed by atoms with van der Waals surface area (Å²) in [5.74, 6) is 0.692. The van der Waals surface area contributed by atoms with Crippen LogP contribution in [-0.4, -0.2) is 13.6 Å². The summed E-state index contributed by atoms with van der Waals surface area (Å²) in [4.78, 5) is 0.0832. The Morgan fingerprint density at radius 3 is 2.50 bits per heavy atom. The van der Waals surface area contributed by atoms with Gasteiger partial charge in [-0.25, -0.2) is 13.6 Å². The van der Waals surface area contributed by atoms with Crippen LogP contribution in [0.1, 0.15) is 18.4 Å². The maximum atomic E-state index is 11.3. The molecule has 1 aromatic heterocycles. The Morgan fingerprint density at radius 1 is 1.23 bits per heavy atom. The zero-order valence-corrected chi connectivity index (χ0v) is 13.3. The highest BCUT2D eigenvalue weighted by Crippen LogP contribution is 2.28. The van der Waals surface area contributed by atoms with Crippen LogP contribution in [0.4, 0.5) is 0 Å². The van der Waals surface area contributed by atoms with Crippen molar-refractivity contribution in [3.8, 4) is 11.1 Å². The highest BCUT2D eigenvalue weighted by molar-refractivity contribution is 7.89. The van der Waals surface area contributed by atoms with Crippen molar-refractivity contribution in [2.45, 2.75) is 25.2 Å². The number of nitrogens with zero attached hydrogens (tertiary/aromatic N) is 1. The number of hydrogen-bond donors (Lipinski definition) is 1. The highest BCUT2D eigenvalue weighted by atomic mass is 32.2. The van der Waals surface area contributed by atoms with Gasteiger partial charge in [0, 0.05) is 12.0 Å². The lowest BCUT2D eigenvalue weighted by molar-refractivity contribution is 0.392. The number of rotatable bonds is 5. The van der Waals surface area contributed by atoms with Crippen LogP contribution in [-0.2, 0) is 16.4 Å². The third kappa shape index (κ3) is 3.72. The van der Waals surface area contributed by atoms with Gasteiger partial charge in [-0.2, -0.15) is 0 Å². The molecule has 22 heavy (non-hydrogen) atoms. The van der Waals surface area contributed by atoms with Crippen molar-refractivity contribution in [2.24, 2.45) is 5.14 Å². The van der Waals surface area contributed by atoms with Gasteiger partial charge in [-0.3, -0.25) is 0 Å². The number of nitrogens with two attached hydrogens (primary N) is 1. The maximum absolute atomic E-state index is 11.3. The van der Waals surface area contributed by atoms with Crippen LogP contribution in [0, 0.1) is 6.92 Å². The fourth-order valence-electron chi connectivity index (χ4n) is 2.11. The standard InChI is InChI=1S/C16H18N2O3S/c1-3-4-5-6-7-15-16(12(2)21-18-15)13-8-10-14(11-9-13)22(17,19)20/h3-6,8-11H,7H2,1-2H3,(H2,17,19,20)/b4-3-,6-5-. The second-order valence-corrected chi connectivity index (χ2v) is 6.35. The van der Waals surface area contributed by atoms with E-state index in [9.17, 15) is 8.42 Å². The second kappa shape index (κ2) is 6.72. The molecule has 0 fully saturated rings. The minimum atomic E-state index is -3.69. The third-order valence-corrected chi connectivity index (χ3v) is 4.09. The summed E-state index contributed by atoms with van der Waals surface area (Å²) in [6.45, 7) is 3.78. The van der Waals surface area contributed by atoms with Gasteiger partial charge in [-0.1, -0.05) is 41.6 Å². The number of aromatic nitrogens is 1. The molecule has 2 N–H and O–H groups in total. The number of aryl methyl sites for hydroxylation is 1.